The molecule has 3 heteroatoms. The first-order chi connectivity index (χ1) is 13.5. The van der Waals surface area contributed by atoms with Crippen LogP contribution >= 0.6 is 0 Å². The Morgan fingerprint density at radius 1 is 0.893 bits per heavy atom. The number of amides is 1. The molecule has 0 spiro atoms. The minimum Gasteiger partial charge on any atom is -0.308 e. The van der Waals surface area contributed by atoms with Gasteiger partial charge in [-0.1, -0.05) is 111 Å². The van der Waals surface area contributed by atoms with Crippen molar-refractivity contribution < 1.29 is 4.79 Å². The van der Waals surface area contributed by atoms with Gasteiger partial charge in [-0.05, 0) is 17.2 Å². The zero-order valence-corrected chi connectivity index (χ0v) is 18.7. The molecule has 148 valence electrons. The van der Waals surface area contributed by atoms with Crippen LogP contribution in [-0.4, -0.2) is 18.9 Å². The van der Waals surface area contributed by atoms with Crippen LogP contribution in [0.5, 0.6) is 0 Å². The fourth-order valence-corrected chi connectivity index (χ4v) is 6.24. The Hall–Kier alpha value is -2.39. The van der Waals surface area contributed by atoms with E-state index >= 15 is 0 Å². The first-order valence-electron chi connectivity index (χ1n) is 10.3. The van der Waals surface area contributed by atoms with E-state index in [0.717, 1.165) is 16.8 Å². The van der Waals surface area contributed by atoms with Crippen molar-refractivity contribution in [1.29, 1.82) is 0 Å². The second kappa shape index (κ2) is 10.8. The molecule has 0 saturated carbocycles. The molecule has 2 rings (SSSR count). The normalized spacial score (nSPS) is 12.4. The number of carbonyl (C=O) groups is 1. The highest BCUT2D eigenvalue weighted by Gasteiger charge is 2.22. The summed E-state index contributed by atoms with van der Waals surface area (Å²) in [6, 6.07) is 24.1. The highest BCUT2D eigenvalue weighted by atomic mass is 28.3. The Bertz CT molecular complexity index is 784. The van der Waals surface area contributed by atoms with Crippen LogP contribution in [0, 0.1) is 0 Å². The van der Waals surface area contributed by atoms with Crippen molar-refractivity contribution in [2.24, 2.45) is 0 Å². The van der Waals surface area contributed by atoms with Gasteiger partial charge in [-0.3, -0.25) is 4.79 Å². The second-order valence-corrected chi connectivity index (χ2v) is 12.5. The van der Waals surface area contributed by atoms with Crippen LogP contribution in [0.3, 0.4) is 0 Å². The first-order valence-corrected chi connectivity index (χ1v) is 13.0. The predicted molar refractivity (Wildman–Crippen MR) is 123 cm³/mol. The van der Waals surface area contributed by atoms with Crippen molar-refractivity contribution in [2.45, 2.75) is 52.4 Å². The van der Waals surface area contributed by atoms with Gasteiger partial charge in [0.05, 0.1) is 20.3 Å². The van der Waals surface area contributed by atoms with E-state index in [-0.39, 0.29) is 5.91 Å². The highest BCUT2D eigenvalue weighted by Crippen LogP contribution is 2.25. The van der Waals surface area contributed by atoms with Gasteiger partial charge in [0, 0.05) is 6.92 Å². The fraction of sp³-hybridized carbons (Fsp3) is 0.320. The molecule has 0 aromatic heterocycles. The zero-order valence-electron chi connectivity index (χ0n) is 17.7. The quantitative estimate of drug-likeness (QED) is 0.345. The van der Waals surface area contributed by atoms with Gasteiger partial charge in [0.1, 0.15) is 0 Å². The van der Waals surface area contributed by atoms with Crippen LogP contribution in [0.15, 0.2) is 78.5 Å². The zero-order chi connectivity index (χ0) is 20.4. The summed E-state index contributed by atoms with van der Waals surface area (Å²) in [5, 5.41) is 0. The maximum Gasteiger partial charge on any atom is 0.224 e. The van der Waals surface area contributed by atoms with E-state index in [9.17, 15) is 4.79 Å². The van der Waals surface area contributed by atoms with Gasteiger partial charge in [0.15, 0.2) is 0 Å². The summed E-state index contributed by atoms with van der Waals surface area (Å²) >= 11 is 0. The van der Waals surface area contributed by atoms with E-state index in [4.69, 9.17) is 0 Å². The Kier molecular flexibility index (Phi) is 8.46. The van der Waals surface area contributed by atoms with Gasteiger partial charge in [-0.25, -0.2) is 0 Å². The lowest BCUT2D eigenvalue weighted by Crippen LogP contribution is -2.28. The third-order valence-electron chi connectivity index (χ3n) is 5.74. The fourth-order valence-electron chi connectivity index (χ4n) is 3.53. The molecule has 2 aromatic rings. The summed E-state index contributed by atoms with van der Waals surface area (Å²) in [5.74, 6) is 0.0531. The smallest absolute Gasteiger partial charge is 0.224 e. The molecule has 2 aromatic carbocycles. The standard InChI is InChI=1S/C25H33NOSi/c1-5-28(6-2,7-3)20-14-19-25(24-17-12-9-13-18-24)26(22(4)27)21-23-15-10-8-11-16-23/h8-20H,5-7,21H2,1-4H3/b20-14+,25-19-. The molecule has 0 aliphatic rings. The number of hydrogen-bond acceptors (Lipinski definition) is 1. The van der Waals surface area contributed by atoms with Gasteiger partial charge in [0.2, 0.25) is 5.91 Å². The SMILES string of the molecule is CC[Si](/C=C/C=C(/c1ccccc1)N(Cc1ccccc1)C(C)=O)(CC)CC. The van der Waals surface area contributed by atoms with Crippen LogP contribution in [-0.2, 0) is 11.3 Å². The van der Waals surface area contributed by atoms with Crippen molar-refractivity contribution in [3.05, 3.63) is 89.6 Å². The van der Waals surface area contributed by atoms with Gasteiger partial charge in [-0.2, -0.15) is 0 Å². The molecule has 0 N–H and O–H groups in total. The minimum atomic E-state index is -1.35. The number of hydrogen-bond donors (Lipinski definition) is 0. The van der Waals surface area contributed by atoms with Gasteiger partial charge < -0.3 is 4.90 Å². The Labute approximate surface area is 171 Å². The van der Waals surface area contributed by atoms with Crippen LogP contribution in [0.1, 0.15) is 38.8 Å². The number of nitrogens with zero attached hydrogens (tertiary/aromatic N) is 1. The van der Waals surface area contributed by atoms with Gasteiger partial charge in [-0.15, -0.1) is 0 Å². The largest absolute Gasteiger partial charge is 0.308 e. The molecule has 28 heavy (non-hydrogen) atoms. The maximum absolute atomic E-state index is 12.6. The van der Waals surface area contributed by atoms with E-state index in [0.29, 0.717) is 6.54 Å². The van der Waals surface area contributed by atoms with Crippen LogP contribution in [0.25, 0.3) is 5.70 Å². The number of benzene rings is 2. The van der Waals surface area contributed by atoms with E-state index < -0.39 is 8.07 Å². The third-order valence-corrected chi connectivity index (χ3v) is 10.9. The number of carbonyl (C=O) groups excluding carboxylic acids is 1. The first kappa shape index (κ1) is 21.9. The van der Waals surface area contributed by atoms with Gasteiger partial charge >= 0.3 is 0 Å². The molecular weight excluding hydrogens is 358 g/mol. The molecule has 0 aliphatic heterocycles. The summed E-state index contributed by atoms with van der Waals surface area (Å²) in [7, 11) is -1.35. The van der Waals surface area contributed by atoms with Crippen LogP contribution in [0.2, 0.25) is 18.1 Å². The molecule has 0 radical (unpaired) electrons. The van der Waals surface area contributed by atoms with E-state index in [1.54, 1.807) is 6.92 Å². The predicted octanol–water partition coefficient (Wildman–Crippen LogP) is 6.68. The average molecular weight is 392 g/mol. The molecule has 0 unspecified atom stereocenters. The second-order valence-electron chi connectivity index (χ2n) is 7.29. The number of rotatable bonds is 9. The highest BCUT2D eigenvalue weighted by molar-refractivity contribution is 6.84. The lowest BCUT2D eigenvalue weighted by Gasteiger charge is -2.25. The summed E-state index contributed by atoms with van der Waals surface area (Å²) in [6.45, 7) is 9.14. The molecule has 0 aliphatic carbocycles. The molecular formula is C25H33NOSi. The lowest BCUT2D eigenvalue weighted by atomic mass is 10.1. The Morgan fingerprint density at radius 3 is 1.93 bits per heavy atom. The number of allylic oxidation sites excluding steroid dienone is 2. The molecule has 0 heterocycles. The Morgan fingerprint density at radius 2 is 1.43 bits per heavy atom. The van der Waals surface area contributed by atoms with Crippen LogP contribution < -0.4 is 0 Å². The molecule has 0 fully saturated rings. The molecule has 2 nitrogen and oxygen atoms in total. The third kappa shape index (κ3) is 5.80. The van der Waals surface area contributed by atoms with E-state index in [1.807, 2.05) is 41.3 Å². The minimum absolute atomic E-state index is 0.0531. The van der Waals surface area contributed by atoms with Crippen molar-refractivity contribution >= 4 is 19.7 Å². The van der Waals surface area contributed by atoms with Crippen molar-refractivity contribution in [2.75, 3.05) is 0 Å². The van der Waals surface area contributed by atoms with Crippen molar-refractivity contribution in [3.63, 3.8) is 0 Å². The van der Waals surface area contributed by atoms with E-state index in [1.165, 1.54) is 18.1 Å². The van der Waals surface area contributed by atoms with E-state index in [2.05, 4.69) is 62.9 Å². The summed E-state index contributed by atoms with van der Waals surface area (Å²) in [4.78, 5) is 14.4. The summed E-state index contributed by atoms with van der Waals surface area (Å²) < 4.78 is 0. The van der Waals surface area contributed by atoms with Gasteiger partial charge in [0.25, 0.3) is 0 Å². The summed E-state index contributed by atoms with van der Waals surface area (Å²) in [5.41, 5.74) is 5.61. The molecule has 0 bridgehead atoms. The average Bonchev–Trinajstić information content (AvgIpc) is 2.74. The molecule has 0 saturated heterocycles. The van der Waals surface area contributed by atoms with Crippen molar-refractivity contribution in [1.82, 2.24) is 4.90 Å². The Balaban J connectivity index is 2.44. The monoisotopic (exact) mass is 391 g/mol. The lowest BCUT2D eigenvalue weighted by molar-refractivity contribution is -0.126. The topological polar surface area (TPSA) is 20.3 Å². The van der Waals surface area contributed by atoms with Crippen molar-refractivity contribution in [3.8, 4) is 0 Å². The maximum atomic E-state index is 12.6. The molecule has 1 amide bonds. The summed E-state index contributed by atoms with van der Waals surface area (Å²) in [6.07, 6.45) is 4.33. The van der Waals surface area contributed by atoms with Crippen LogP contribution in [0.4, 0.5) is 0 Å². The molecule has 0 atom stereocenters.